The lowest BCUT2D eigenvalue weighted by atomic mass is 9.89. The Kier molecular flexibility index (Phi) is 5.22. The maximum Gasteiger partial charge on any atom is 0.225 e. The van der Waals surface area contributed by atoms with Crippen molar-refractivity contribution in [2.75, 3.05) is 38.8 Å². The Morgan fingerprint density at radius 2 is 1.64 bits per heavy atom. The largest absolute Gasteiger partial charge is 0.497 e. The molecule has 0 aliphatic carbocycles. The summed E-state index contributed by atoms with van der Waals surface area (Å²) < 4.78 is 33.6. The average molecular weight is 367 g/mol. The van der Waals surface area contributed by atoms with Crippen molar-refractivity contribution in [2.45, 2.75) is 19.3 Å². The molecule has 7 heteroatoms. The van der Waals surface area contributed by atoms with Crippen LogP contribution in [-0.4, -0.2) is 58.0 Å². The van der Waals surface area contributed by atoms with Gasteiger partial charge in [-0.1, -0.05) is 0 Å². The van der Waals surface area contributed by atoms with E-state index in [4.69, 9.17) is 9.47 Å². The molecule has 25 heavy (non-hydrogen) atoms. The van der Waals surface area contributed by atoms with Crippen LogP contribution in [0.15, 0.2) is 18.2 Å². The maximum atomic E-state index is 12.5. The number of amides is 1. The number of nitrogens with zero attached hydrogens (tertiary/aromatic N) is 1. The molecular weight excluding hydrogens is 342 g/mol. The highest BCUT2D eigenvalue weighted by atomic mass is 32.2. The summed E-state index contributed by atoms with van der Waals surface area (Å²) in [6, 6.07) is 5.84. The Labute approximate surface area is 149 Å². The predicted molar refractivity (Wildman–Crippen MR) is 94.7 cm³/mol. The van der Waals surface area contributed by atoms with Gasteiger partial charge in [0.05, 0.1) is 25.7 Å². The van der Waals surface area contributed by atoms with Gasteiger partial charge in [-0.3, -0.25) is 4.79 Å². The number of hydrogen-bond acceptors (Lipinski definition) is 5. The Bertz CT molecular complexity index is 704. The number of benzene rings is 1. The fourth-order valence-electron chi connectivity index (χ4n) is 3.59. The van der Waals surface area contributed by atoms with Crippen molar-refractivity contribution in [1.82, 2.24) is 4.90 Å². The molecule has 3 rings (SSSR count). The fourth-order valence-corrected chi connectivity index (χ4v) is 5.08. The van der Waals surface area contributed by atoms with E-state index in [2.05, 4.69) is 0 Å². The molecule has 1 aromatic carbocycles. The van der Waals surface area contributed by atoms with Gasteiger partial charge < -0.3 is 14.4 Å². The van der Waals surface area contributed by atoms with Crippen LogP contribution in [0.4, 0.5) is 0 Å². The highest BCUT2D eigenvalue weighted by Gasteiger charge is 2.36. The Morgan fingerprint density at radius 3 is 2.16 bits per heavy atom. The SMILES string of the molecule is COc1cc(CC2CN(C(=O)C3CCS(=O)(=O)CC3)C2)cc(OC)c1. The van der Waals surface area contributed by atoms with Crippen LogP contribution in [0.2, 0.25) is 0 Å². The lowest BCUT2D eigenvalue weighted by Crippen LogP contribution is -2.53. The van der Waals surface area contributed by atoms with Crippen LogP contribution in [-0.2, 0) is 21.1 Å². The molecule has 2 saturated heterocycles. The standard InChI is InChI=1S/C18H25NO5S/c1-23-16-8-13(9-17(10-16)24-2)7-14-11-19(12-14)18(20)15-3-5-25(21,22)6-4-15/h8-10,14-15H,3-7,11-12H2,1-2H3. The van der Waals surface area contributed by atoms with Crippen LogP contribution in [0.5, 0.6) is 11.5 Å². The zero-order valence-electron chi connectivity index (χ0n) is 14.7. The molecule has 2 fully saturated rings. The minimum atomic E-state index is -2.92. The summed E-state index contributed by atoms with van der Waals surface area (Å²) in [5.74, 6) is 2.24. The highest BCUT2D eigenvalue weighted by molar-refractivity contribution is 7.91. The smallest absolute Gasteiger partial charge is 0.225 e. The monoisotopic (exact) mass is 367 g/mol. The van der Waals surface area contributed by atoms with Crippen molar-refractivity contribution in [2.24, 2.45) is 11.8 Å². The van der Waals surface area contributed by atoms with E-state index in [1.165, 1.54) is 0 Å². The first-order valence-corrected chi connectivity index (χ1v) is 10.4. The van der Waals surface area contributed by atoms with Crippen molar-refractivity contribution < 1.29 is 22.7 Å². The molecule has 0 aromatic heterocycles. The van der Waals surface area contributed by atoms with E-state index in [1.807, 2.05) is 23.1 Å². The summed E-state index contributed by atoms with van der Waals surface area (Å²) >= 11 is 0. The topological polar surface area (TPSA) is 72.9 Å². The molecule has 0 N–H and O–H groups in total. The van der Waals surface area contributed by atoms with Crippen molar-refractivity contribution in [3.63, 3.8) is 0 Å². The number of rotatable bonds is 5. The van der Waals surface area contributed by atoms with E-state index < -0.39 is 9.84 Å². The van der Waals surface area contributed by atoms with E-state index in [0.717, 1.165) is 36.6 Å². The molecule has 0 saturated carbocycles. The van der Waals surface area contributed by atoms with Crippen molar-refractivity contribution >= 4 is 15.7 Å². The van der Waals surface area contributed by atoms with Crippen LogP contribution < -0.4 is 9.47 Å². The predicted octanol–water partition coefficient (Wildman–Crippen LogP) is 1.53. The van der Waals surface area contributed by atoms with Gasteiger partial charge in [-0.05, 0) is 42.9 Å². The van der Waals surface area contributed by atoms with Gasteiger partial charge in [0.2, 0.25) is 5.91 Å². The molecule has 6 nitrogen and oxygen atoms in total. The molecular formula is C18H25NO5S. The summed E-state index contributed by atoms with van der Waals surface area (Å²) in [7, 11) is 0.340. The zero-order chi connectivity index (χ0) is 18.0. The summed E-state index contributed by atoms with van der Waals surface area (Å²) in [5, 5.41) is 0. The number of carbonyl (C=O) groups is 1. The molecule has 0 unspecified atom stereocenters. The van der Waals surface area contributed by atoms with Crippen LogP contribution in [0.25, 0.3) is 0 Å². The van der Waals surface area contributed by atoms with E-state index in [-0.39, 0.29) is 23.3 Å². The Balaban J connectivity index is 1.52. The first-order chi connectivity index (χ1) is 11.9. The summed E-state index contributed by atoms with van der Waals surface area (Å²) in [4.78, 5) is 14.3. The van der Waals surface area contributed by atoms with Gasteiger partial charge in [-0.15, -0.1) is 0 Å². The van der Waals surface area contributed by atoms with Gasteiger partial charge in [0.1, 0.15) is 21.3 Å². The molecule has 2 heterocycles. The zero-order valence-corrected chi connectivity index (χ0v) is 15.5. The number of carbonyl (C=O) groups excluding carboxylic acids is 1. The number of ether oxygens (including phenoxy) is 2. The lowest BCUT2D eigenvalue weighted by molar-refractivity contribution is -0.142. The van der Waals surface area contributed by atoms with Gasteiger partial charge in [0, 0.05) is 25.1 Å². The molecule has 0 atom stereocenters. The summed E-state index contributed by atoms with van der Waals surface area (Å²) in [6.45, 7) is 1.48. The van der Waals surface area contributed by atoms with Gasteiger partial charge in [0.15, 0.2) is 0 Å². The summed E-state index contributed by atoms with van der Waals surface area (Å²) in [6.07, 6.45) is 1.81. The van der Waals surface area contributed by atoms with E-state index >= 15 is 0 Å². The van der Waals surface area contributed by atoms with Crippen LogP contribution in [0.3, 0.4) is 0 Å². The number of methoxy groups -OCH3 is 2. The Hall–Kier alpha value is -1.76. The highest BCUT2D eigenvalue weighted by Crippen LogP contribution is 2.29. The second-order valence-corrected chi connectivity index (χ2v) is 9.26. The fraction of sp³-hybridized carbons (Fsp3) is 0.611. The van der Waals surface area contributed by atoms with E-state index in [9.17, 15) is 13.2 Å². The quantitative estimate of drug-likeness (QED) is 0.789. The van der Waals surface area contributed by atoms with Crippen molar-refractivity contribution in [1.29, 1.82) is 0 Å². The number of sulfone groups is 1. The second kappa shape index (κ2) is 7.23. The van der Waals surface area contributed by atoms with Crippen molar-refractivity contribution in [3.05, 3.63) is 23.8 Å². The van der Waals surface area contributed by atoms with Gasteiger partial charge in [-0.2, -0.15) is 0 Å². The molecule has 0 radical (unpaired) electrons. The third kappa shape index (κ3) is 4.26. The maximum absolute atomic E-state index is 12.5. The van der Waals surface area contributed by atoms with Crippen LogP contribution in [0.1, 0.15) is 18.4 Å². The number of likely N-dealkylation sites (tertiary alicyclic amines) is 1. The molecule has 138 valence electrons. The normalized spacial score (nSPS) is 20.8. The molecule has 0 spiro atoms. The minimum absolute atomic E-state index is 0.120. The molecule has 0 bridgehead atoms. The number of hydrogen-bond donors (Lipinski definition) is 0. The second-order valence-electron chi connectivity index (χ2n) is 6.96. The summed E-state index contributed by atoms with van der Waals surface area (Å²) in [5.41, 5.74) is 1.14. The molecule has 2 aliphatic heterocycles. The van der Waals surface area contributed by atoms with Crippen molar-refractivity contribution in [3.8, 4) is 11.5 Å². The van der Waals surface area contributed by atoms with Gasteiger partial charge >= 0.3 is 0 Å². The first-order valence-electron chi connectivity index (χ1n) is 8.61. The van der Waals surface area contributed by atoms with Crippen LogP contribution >= 0.6 is 0 Å². The average Bonchev–Trinajstić information content (AvgIpc) is 2.56. The third-order valence-electron chi connectivity index (χ3n) is 5.11. The van der Waals surface area contributed by atoms with E-state index in [0.29, 0.717) is 18.8 Å². The molecule has 1 aromatic rings. The van der Waals surface area contributed by atoms with Gasteiger partial charge in [0.25, 0.3) is 0 Å². The minimum Gasteiger partial charge on any atom is -0.497 e. The lowest BCUT2D eigenvalue weighted by Gasteiger charge is -2.42. The van der Waals surface area contributed by atoms with Crippen LogP contribution in [0, 0.1) is 11.8 Å². The molecule has 1 amide bonds. The molecule has 2 aliphatic rings. The first kappa shape index (κ1) is 18.0. The van der Waals surface area contributed by atoms with Gasteiger partial charge in [-0.25, -0.2) is 8.42 Å². The Morgan fingerprint density at radius 1 is 1.08 bits per heavy atom. The van der Waals surface area contributed by atoms with E-state index in [1.54, 1.807) is 14.2 Å². The third-order valence-corrected chi connectivity index (χ3v) is 6.82.